The molecule has 19 heavy (non-hydrogen) atoms. The molecule has 1 rings (SSSR count). The van der Waals surface area contributed by atoms with E-state index in [1.807, 2.05) is 19.0 Å². The number of anilines is 1. The van der Waals surface area contributed by atoms with Crippen molar-refractivity contribution < 1.29 is 0 Å². The van der Waals surface area contributed by atoms with Crippen LogP contribution in [0.2, 0.25) is 0 Å². The summed E-state index contributed by atoms with van der Waals surface area (Å²) in [6.45, 7) is 9.67. The highest BCUT2D eigenvalue weighted by Crippen LogP contribution is 2.17. The van der Waals surface area contributed by atoms with E-state index in [1.54, 1.807) is 0 Å². The van der Waals surface area contributed by atoms with Crippen LogP contribution in [0.15, 0.2) is 0 Å². The zero-order chi connectivity index (χ0) is 14.4. The largest absolute Gasteiger partial charge is 0.347 e. The van der Waals surface area contributed by atoms with Crippen LogP contribution >= 0.6 is 0 Å². The normalized spacial score (nSPS) is 11.1. The Morgan fingerprint density at radius 1 is 1.05 bits per heavy atom. The third-order valence-corrected chi connectivity index (χ3v) is 3.16. The second kappa shape index (κ2) is 7.43. The van der Waals surface area contributed by atoms with Crippen molar-refractivity contribution in [2.24, 2.45) is 0 Å². The molecule has 0 bridgehead atoms. The average Bonchev–Trinajstić information content (AvgIpc) is 2.37. The van der Waals surface area contributed by atoms with Gasteiger partial charge in [0.2, 0.25) is 5.95 Å². The van der Waals surface area contributed by atoms with E-state index in [9.17, 15) is 0 Å². The predicted octanol–water partition coefficient (Wildman–Crippen LogP) is 2.21. The van der Waals surface area contributed by atoms with Gasteiger partial charge in [-0.1, -0.05) is 27.7 Å². The van der Waals surface area contributed by atoms with Gasteiger partial charge in [0, 0.05) is 31.5 Å². The van der Waals surface area contributed by atoms with Crippen molar-refractivity contribution in [3.8, 4) is 0 Å². The fourth-order valence-corrected chi connectivity index (χ4v) is 2.13. The molecule has 0 saturated heterocycles. The second-order valence-electron chi connectivity index (χ2n) is 5.36. The summed E-state index contributed by atoms with van der Waals surface area (Å²) < 4.78 is 0. The van der Waals surface area contributed by atoms with Crippen LogP contribution in [0.3, 0.4) is 0 Å². The molecule has 0 aliphatic heterocycles. The predicted molar refractivity (Wildman–Crippen MR) is 82.0 cm³/mol. The zero-order valence-electron chi connectivity index (χ0n) is 13.2. The van der Waals surface area contributed by atoms with E-state index < -0.39 is 0 Å². The molecule has 4 heteroatoms. The Morgan fingerprint density at radius 2 is 1.58 bits per heavy atom. The van der Waals surface area contributed by atoms with E-state index in [0.717, 1.165) is 31.8 Å². The van der Waals surface area contributed by atoms with Crippen LogP contribution in [-0.4, -0.2) is 36.6 Å². The summed E-state index contributed by atoms with van der Waals surface area (Å²) in [5.41, 5.74) is 3.73. The van der Waals surface area contributed by atoms with E-state index in [0.29, 0.717) is 6.04 Å². The molecule has 1 N–H and O–H groups in total. The van der Waals surface area contributed by atoms with Gasteiger partial charge in [0.25, 0.3) is 0 Å². The van der Waals surface area contributed by atoms with Gasteiger partial charge in [0.1, 0.15) is 0 Å². The maximum absolute atomic E-state index is 4.68. The van der Waals surface area contributed by atoms with Crippen molar-refractivity contribution in [1.29, 1.82) is 0 Å². The topological polar surface area (TPSA) is 41.1 Å². The first-order valence-corrected chi connectivity index (χ1v) is 7.28. The van der Waals surface area contributed by atoms with E-state index >= 15 is 0 Å². The maximum Gasteiger partial charge on any atom is 0.225 e. The Kier molecular flexibility index (Phi) is 6.22. The maximum atomic E-state index is 4.68. The van der Waals surface area contributed by atoms with Gasteiger partial charge in [0.15, 0.2) is 0 Å². The van der Waals surface area contributed by atoms with Gasteiger partial charge < -0.3 is 10.2 Å². The Hall–Kier alpha value is -1.16. The molecular formula is C15H28N4. The zero-order valence-corrected chi connectivity index (χ0v) is 13.2. The molecule has 0 fully saturated rings. The summed E-state index contributed by atoms with van der Waals surface area (Å²) in [4.78, 5) is 11.3. The molecule has 0 aliphatic rings. The lowest BCUT2D eigenvalue weighted by Crippen LogP contribution is -2.26. The van der Waals surface area contributed by atoms with Crippen LogP contribution in [-0.2, 0) is 19.3 Å². The summed E-state index contributed by atoms with van der Waals surface area (Å²) in [5.74, 6) is 0.828. The van der Waals surface area contributed by atoms with Gasteiger partial charge >= 0.3 is 0 Å². The number of hydrogen-bond donors (Lipinski definition) is 1. The summed E-state index contributed by atoms with van der Waals surface area (Å²) in [6, 6.07) is 0.525. The van der Waals surface area contributed by atoms with E-state index in [1.165, 1.54) is 17.0 Å². The average molecular weight is 264 g/mol. The van der Waals surface area contributed by atoms with Crippen LogP contribution in [0.1, 0.15) is 44.6 Å². The molecule has 1 aromatic heterocycles. The van der Waals surface area contributed by atoms with Gasteiger partial charge in [-0.3, -0.25) is 0 Å². The third-order valence-electron chi connectivity index (χ3n) is 3.16. The lowest BCUT2D eigenvalue weighted by molar-refractivity contribution is 0.586. The molecule has 1 heterocycles. The second-order valence-corrected chi connectivity index (χ2v) is 5.36. The van der Waals surface area contributed by atoms with Crippen molar-refractivity contribution in [3.63, 3.8) is 0 Å². The summed E-state index contributed by atoms with van der Waals surface area (Å²) in [7, 11) is 3.99. The molecule has 0 unspecified atom stereocenters. The first kappa shape index (κ1) is 15.9. The smallest absolute Gasteiger partial charge is 0.225 e. The molecule has 0 radical (unpaired) electrons. The highest BCUT2D eigenvalue weighted by molar-refractivity contribution is 5.36. The number of nitrogens with one attached hydrogen (secondary N) is 1. The molecule has 0 aromatic carbocycles. The first-order valence-electron chi connectivity index (χ1n) is 7.28. The third kappa shape index (κ3) is 4.46. The molecule has 0 spiro atoms. The van der Waals surface area contributed by atoms with Gasteiger partial charge in [0.05, 0.1) is 0 Å². The van der Waals surface area contributed by atoms with Crippen molar-refractivity contribution in [2.45, 2.75) is 53.0 Å². The minimum absolute atomic E-state index is 0.525. The molecular weight excluding hydrogens is 236 g/mol. The molecule has 108 valence electrons. The first-order chi connectivity index (χ1) is 8.99. The molecule has 0 atom stereocenters. The van der Waals surface area contributed by atoms with E-state index in [2.05, 4.69) is 43.0 Å². The van der Waals surface area contributed by atoms with E-state index in [-0.39, 0.29) is 0 Å². The van der Waals surface area contributed by atoms with Gasteiger partial charge in [-0.05, 0) is 31.4 Å². The fourth-order valence-electron chi connectivity index (χ4n) is 2.13. The fraction of sp³-hybridized carbons (Fsp3) is 0.733. The van der Waals surface area contributed by atoms with Crippen molar-refractivity contribution in [2.75, 3.05) is 25.5 Å². The van der Waals surface area contributed by atoms with Crippen LogP contribution in [0.25, 0.3) is 0 Å². The SMILES string of the molecule is CCc1nc(N(C)C)nc(CC)c1CCNC(C)C. The van der Waals surface area contributed by atoms with Crippen LogP contribution in [0.4, 0.5) is 5.95 Å². The van der Waals surface area contributed by atoms with Gasteiger partial charge in [-0.2, -0.15) is 0 Å². The minimum Gasteiger partial charge on any atom is -0.347 e. The molecule has 0 amide bonds. The highest BCUT2D eigenvalue weighted by Gasteiger charge is 2.13. The number of aryl methyl sites for hydroxylation is 2. The molecule has 1 aromatic rings. The monoisotopic (exact) mass is 264 g/mol. The van der Waals surface area contributed by atoms with Crippen molar-refractivity contribution in [3.05, 3.63) is 17.0 Å². The van der Waals surface area contributed by atoms with Gasteiger partial charge in [-0.25, -0.2) is 9.97 Å². The van der Waals surface area contributed by atoms with Crippen molar-refractivity contribution in [1.82, 2.24) is 15.3 Å². The highest BCUT2D eigenvalue weighted by atomic mass is 15.2. The van der Waals surface area contributed by atoms with Crippen molar-refractivity contribution >= 4 is 5.95 Å². The van der Waals surface area contributed by atoms with Crippen LogP contribution in [0, 0.1) is 0 Å². The summed E-state index contributed by atoms with van der Waals surface area (Å²) in [6.07, 6.45) is 2.94. The standard InChI is InChI=1S/C15H28N4/c1-7-13-12(9-10-16-11(3)4)14(8-2)18-15(17-13)19(5)6/h11,16H,7-10H2,1-6H3. The lowest BCUT2D eigenvalue weighted by Gasteiger charge is -2.18. The number of rotatable bonds is 7. The van der Waals surface area contributed by atoms with Crippen LogP contribution < -0.4 is 10.2 Å². The quantitative estimate of drug-likeness (QED) is 0.820. The summed E-state index contributed by atoms with van der Waals surface area (Å²) in [5, 5.41) is 3.47. The Balaban J connectivity index is 3.00. The summed E-state index contributed by atoms with van der Waals surface area (Å²) >= 11 is 0. The molecule has 0 saturated carbocycles. The minimum atomic E-state index is 0.525. The lowest BCUT2D eigenvalue weighted by atomic mass is 10.0. The Morgan fingerprint density at radius 3 is 1.95 bits per heavy atom. The number of aromatic nitrogens is 2. The van der Waals surface area contributed by atoms with E-state index in [4.69, 9.17) is 0 Å². The number of nitrogens with zero attached hydrogens (tertiary/aromatic N) is 3. The van der Waals surface area contributed by atoms with Gasteiger partial charge in [-0.15, -0.1) is 0 Å². The number of hydrogen-bond acceptors (Lipinski definition) is 4. The Bertz CT molecular complexity index is 374. The Labute approximate surface area is 117 Å². The molecule has 0 aliphatic carbocycles. The molecule has 4 nitrogen and oxygen atoms in total. The van der Waals surface area contributed by atoms with Crippen LogP contribution in [0.5, 0.6) is 0 Å².